The Balaban J connectivity index is 2.41. The molecule has 98 valence electrons. The van der Waals surface area contributed by atoms with Crippen LogP contribution in [0.3, 0.4) is 0 Å². The molecule has 0 amide bonds. The van der Waals surface area contributed by atoms with Gasteiger partial charge in [-0.3, -0.25) is 4.79 Å². The fourth-order valence-corrected chi connectivity index (χ4v) is 2.71. The fraction of sp³-hybridized carbons (Fsp3) is 0.500. The van der Waals surface area contributed by atoms with Crippen molar-refractivity contribution in [1.82, 2.24) is 0 Å². The van der Waals surface area contributed by atoms with Crippen molar-refractivity contribution in [2.75, 3.05) is 19.1 Å². The van der Waals surface area contributed by atoms with Crippen molar-refractivity contribution in [3.63, 3.8) is 0 Å². The van der Waals surface area contributed by atoms with E-state index in [0.717, 1.165) is 24.3 Å². The lowest BCUT2D eigenvalue weighted by molar-refractivity contribution is -0.137. The normalized spacial score (nSPS) is 18.4. The number of carboxylic acids is 1. The number of aryl methyl sites for hydroxylation is 1. The molecule has 0 fully saturated rings. The van der Waals surface area contributed by atoms with Crippen molar-refractivity contribution in [2.45, 2.75) is 32.2 Å². The lowest BCUT2D eigenvalue weighted by Crippen LogP contribution is -2.38. The average molecular weight is 249 g/mol. The van der Waals surface area contributed by atoms with E-state index in [2.05, 4.69) is 17.9 Å². The van der Waals surface area contributed by atoms with E-state index in [1.54, 1.807) is 7.11 Å². The molecular formula is C14H19NO3. The number of aliphatic carboxylic acids is 1. The molecule has 1 heterocycles. The Morgan fingerprint density at radius 3 is 2.89 bits per heavy atom. The minimum atomic E-state index is -0.748. The standard InChI is InChI=1S/C14H19NO3/c1-9-4-7-12(18-3)14-11(9)6-5-10(15(14)2)8-13(16)17/h4,7,10H,5-6,8H2,1-3H3,(H,16,17). The minimum Gasteiger partial charge on any atom is -0.495 e. The predicted octanol–water partition coefficient (Wildman–Crippen LogP) is 2.23. The van der Waals surface area contributed by atoms with Crippen LogP contribution in [0.15, 0.2) is 12.1 Å². The molecule has 4 nitrogen and oxygen atoms in total. The van der Waals surface area contributed by atoms with Crippen molar-refractivity contribution >= 4 is 11.7 Å². The smallest absolute Gasteiger partial charge is 0.305 e. The third kappa shape index (κ3) is 2.15. The van der Waals surface area contributed by atoms with Crippen LogP contribution in [0.5, 0.6) is 5.75 Å². The summed E-state index contributed by atoms with van der Waals surface area (Å²) in [6.07, 6.45) is 1.97. The zero-order valence-corrected chi connectivity index (χ0v) is 11.1. The topological polar surface area (TPSA) is 49.8 Å². The number of hydrogen-bond donors (Lipinski definition) is 1. The average Bonchev–Trinajstić information content (AvgIpc) is 2.33. The van der Waals surface area contributed by atoms with Crippen LogP contribution in [0.4, 0.5) is 5.69 Å². The van der Waals surface area contributed by atoms with Gasteiger partial charge in [-0.15, -0.1) is 0 Å². The molecule has 0 bridgehead atoms. The van der Waals surface area contributed by atoms with Crippen molar-refractivity contribution in [3.05, 3.63) is 23.3 Å². The molecule has 1 aliphatic heterocycles. The highest BCUT2D eigenvalue weighted by molar-refractivity contribution is 5.72. The molecule has 0 saturated carbocycles. The number of anilines is 1. The number of nitrogens with zero attached hydrogens (tertiary/aromatic N) is 1. The molecule has 18 heavy (non-hydrogen) atoms. The monoisotopic (exact) mass is 249 g/mol. The maximum Gasteiger partial charge on any atom is 0.305 e. The molecule has 1 aromatic carbocycles. The Hall–Kier alpha value is -1.71. The van der Waals surface area contributed by atoms with Crippen molar-refractivity contribution in [3.8, 4) is 5.75 Å². The third-order valence-electron chi connectivity index (χ3n) is 3.74. The highest BCUT2D eigenvalue weighted by Crippen LogP contribution is 2.39. The molecule has 0 spiro atoms. The molecule has 4 heteroatoms. The van der Waals surface area contributed by atoms with Crippen LogP contribution in [0.25, 0.3) is 0 Å². The summed E-state index contributed by atoms with van der Waals surface area (Å²) in [5.74, 6) is 0.0788. The maximum atomic E-state index is 10.9. The molecule has 1 aromatic rings. The summed E-state index contributed by atoms with van der Waals surface area (Å²) in [6.45, 7) is 2.09. The summed E-state index contributed by atoms with van der Waals surface area (Å²) < 4.78 is 5.40. The van der Waals surface area contributed by atoms with Crippen LogP contribution < -0.4 is 9.64 Å². The Labute approximate surface area is 107 Å². The quantitative estimate of drug-likeness (QED) is 0.892. The first-order valence-corrected chi connectivity index (χ1v) is 6.15. The van der Waals surface area contributed by atoms with Crippen molar-refractivity contribution in [1.29, 1.82) is 0 Å². The van der Waals surface area contributed by atoms with Gasteiger partial charge in [0, 0.05) is 13.1 Å². The number of hydrogen-bond acceptors (Lipinski definition) is 3. The second-order valence-corrected chi connectivity index (χ2v) is 4.81. The van der Waals surface area contributed by atoms with Gasteiger partial charge in [-0.2, -0.15) is 0 Å². The van der Waals surface area contributed by atoms with E-state index in [-0.39, 0.29) is 12.5 Å². The van der Waals surface area contributed by atoms with Gasteiger partial charge in [0.05, 0.1) is 19.2 Å². The van der Waals surface area contributed by atoms with Crippen molar-refractivity contribution in [2.24, 2.45) is 0 Å². The second-order valence-electron chi connectivity index (χ2n) is 4.81. The van der Waals surface area contributed by atoms with Crippen LogP contribution in [0.2, 0.25) is 0 Å². The molecule has 2 rings (SSSR count). The van der Waals surface area contributed by atoms with E-state index in [1.807, 2.05) is 13.1 Å². The first-order chi connectivity index (χ1) is 8.54. The molecule has 0 radical (unpaired) electrons. The van der Waals surface area contributed by atoms with Gasteiger partial charge in [0.1, 0.15) is 5.75 Å². The predicted molar refractivity (Wildman–Crippen MR) is 70.5 cm³/mol. The molecule has 0 saturated heterocycles. The number of carboxylic acid groups (broad SMARTS) is 1. The van der Waals surface area contributed by atoms with E-state index in [4.69, 9.17) is 9.84 Å². The van der Waals surface area contributed by atoms with Gasteiger partial charge in [-0.05, 0) is 37.0 Å². The van der Waals surface area contributed by atoms with Crippen LogP contribution in [0, 0.1) is 6.92 Å². The third-order valence-corrected chi connectivity index (χ3v) is 3.74. The minimum absolute atomic E-state index is 0.0469. The lowest BCUT2D eigenvalue weighted by Gasteiger charge is -2.37. The highest BCUT2D eigenvalue weighted by atomic mass is 16.5. The van der Waals surface area contributed by atoms with Crippen LogP contribution in [-0.2, 0) is 11.2 Å². The first-order valence-electron chi connectivity index (χ1n) is 6.15. The summed E-state index contributed by atoms with van der Waals surface area (Å²) in [5, 5.41) is 8.95. The van der Waals surface area contributed by atoms with E-state index >= 15 is 0 Å². The molecule has 0 aromatic heterocycles. The molecule has 0 aliphatic carbocycles. The van der Waals surface area contributed by atoms with E-state index < -0.39 is 5.97 Å². The number of rotatable bonds is 3. The molecule has 1 N–H and O–H groups in total. The Kier molecular flexibility index (Phi) is 3.45. The molecular weight excluding hydrogens is 230 g/mol. The number of fused-ring (bicyclic) bond motifs is 1. The van der Waals surface area contributed by atoms with E-state index in [1.165, 1.54) is 11.1 Å². The van der Waals surface area contributed by atoms with Crippen LogP contribution >= 0.6 is 0 Å². The van der Waals surface area contributed by atoms with Gasteiger partial charge in [0.2, 0.25) is 0 Å². The summed E-state index contributed by atoms with van der Waals surface area (Å²) in [6, 6.07) is 4.06. The van der Waals surface area contributed by atoms with Crippen molar-refractivity contribution < 1.29 is 14.6 Å². The summed E-state index contributed by atoms with van der Waals surface area (Å²) >= 11 is 0. The molecule has 1 aliphatic rings. The van der Waals surface area contributed by atoms with Gasteiger partial charge in [0.15, 0.2) is 0 Å². The maximum absolute atomic E-state index is 10.9. The van der Waals surface area contributed by atoms with Gasteiger partial charge in [0.25, 0.3) is 0 Å². The zero-order chi connectivity index (χ0) is 13.3. The number of carbonyl (C=O) groups is 1. The highest BCUT2D eigenvalue weighted by Gasteiger charge is 2.28. The number of ether oxygens (including phenoxy) is 1. The van der Waals surface area contributed by atoms with Crippen LogP contribution in [-0.4, -0.2) is 31.3 Å². The number of benzene rings is 1. The Bertz CT molecular complexity index is 470. The number of methoxy groups -OCH3 is 1. The first kappa shape index (κ1) is 12.7. The lowest BCUT2D eigenvalue weighted by atomic mass is 9.91. The summed E-state index contributed by atoms with van der Waals surface area (Å²) in [5.41, 5.74) is 3.57. The van der Waals surface area contributed by atoms with Gasteiger partial charge in [-0.1, -0.05) is 6.07 Å². The van der Waals surface area contributed by atoms with Crippen LogP contribution in [0.1, 0.15) is 24.0 Å². The van der Waals surface area contributed by atoms with Gasteiger partial charge >= 0.3 is 5.97 Å². The summed E-state index contributed by atoms with van der Waals surface area (Å²) in [7, 11) is 3.60. The summed E-state index contributed by atoms with van der Waals surface area (Å²) in [4.78, 5) is 12.9. The van der Waals surface area contributed by atoms with Gasteiger partial charge < -0.3 is 14.7 Å². The van der Waals surface area contributed by atoms with E-state index in [9.17, 15) is 4.79 Å². The SMILES string of the molecule is COc1ccc(C)c2c1N(C)C(CC(=O)O)CC2. The fourth-order valence-electron chi connectivity index (χ4n) is 2.71. The second kappa shape index (κ2) is 4.88. The van der Waals surface area contributed by atoms with Gasteiger partial charge in [-0.25, -0.2) is 0 Å². The largest absolute Gasteiger partial charge is 0.495 e. The van der Waals surface area contributed by atoms with E-state index in [0.29, 0.717) is 0 Å². The zero-order valence-electron chi connectivity index (χ0n) is 11.1. The Morgan fingerprint density at radius 1 is 1.56 bits per heavy atom. The molecule has 1 unspecified atom stereocenters. The molecule has 1 atom stereocenters. The Morgan fingerprint density at radius 2 is 2.28 bits per heavy atom.